The first-order chi connectivity index (χ1) is 19.4. The zero-order valence-electron chi connectivity index (χ0n) is 22.2. The molecule has 208 valence electrons. The highest BCUT2D eigenvalue weighted by molar-refractivity contribution is 6.33. The standard InChI is InChI=1S/C31H32ClFN4O3/c32-25-4-2-1-3-23(25)29(38)35-27-7-18-40-28-24(27)19-21(20-26(28)33)30(39)37-16-10-31(11-17-37)8-14-36(15-9-31)22-5-12-34-13-6-22/h1-6,12-13,19-20,27H,7-11,14-18H2,(H,35,38)/t27-/m1/s1. The Hall–Kier alpha value is -3.65. The van der Waals surface area contributed by atoms with Gasteiger partial charge in [0, 0.05) is 61.8 Å². The maximum Gasteiger partial charge on any atom is 0.253 e. The number of rotatable bonds is 4. The number of anilines is 1. The summed E-state index contributed by atoms with van der Waals surface area (Å²) in [5, 5.41) is 3.30. The number of ether oxygens (including phenoxy) is 1. The van der Waals surface area contributed by atoms with Gasteiger partial charge in [0.2, 0.25) is 0 Å². The minimum atomic E-state index is -0.588. The number of carbonyl (C=O) groups excluding carboxylic acids is 2. The summed E-state index contributed by atoms with van der Waals surface area (Å²) in [7, 11) is 0. The largest absolute Gasteiger partial charge is 0.490 e. The maximum absolute atomic E-state index is 15.2. The smallest absolute Gasteiger partial charge is 0.253 e. The van der Waals surface area contributed by atoms with Crippen LogP contribution in [0.2, 0.25) is 5.02 Å². The summed E-state index contributed by atoms with van der Waals surface area (Å²) in [5.41, 5.74) is 2.55. The van der Waals surface area contributed by atoms with E-state index < -0.39 is 11.9 Å². The molecule has 9 heteroatoms. The average Bonchev–Trinajstić information content (AvgIpc) is 2.98. The molecule has 2 saturated heterocycles. The fourth-order valence-electron chi connectivity index (χ4n) is 6.28. The molecule has 40 heavy (non-hydrogen) atoms. The summed E-state index contributed by atoms with van der Waals surface area (Å²) in [4.78, 5) is 34.8. The second kappa shape index (κ2) is 11.1. The summed E-state index contributed by atoms with van der Waals surface area (Å²) in [5.74, 6) is -1.04. The van der Waals surface area contributed by atoms with Crippen molar-refractivity contribution < 1.29 is 18.7 Å². The van der Waals surface area contributed by atoms with Gasteiger partial charge >= 0.3 is 0 Å². The summed E-state index contributed by atoms with van der Waals surface area (Å²) >= 11 is 6.20. The van der Waals surface area contributed by atoms with Crippen LogP contribution in [0.1, 0.15) is 64.4 Å². The maximum atomic E-state index is 15.2. The third kappa shape index (κ3) is 5.24. The van der Waals surface area contributed by atoms with Crippen molar-refractivity contribution in [1.82, 2.24) is 15.2 Å². The summed E-state index contributed by atoms with van der Waals surface area (Å²) < 4.78 is 20.8. The number of pyridine rings is 1. The summed E-state index contributed by atoms with van der Waals surface area (Å²) in [6.07, 6.45) is 8.18. The normalized spacial score (nSPS) is 20.0. The van der Waals surface area contributed by atoms with Gasteiger partial charge in [-0.05, 0) is 67.5 Å². The fourth-order valence-corrected chi connectivity index (χ4v) is 6.50. The van der Waals surface area contributed by atoms with E-state index in [2.05, 4.69) is 27.3 Å². The number of aromatic nitrogens is 1. The van der Waals surface area contributed by atoms with Crippen LogP contribution in [0.3, 0.4) is 0 Å². The molecule has 2 aromatic carbocycles. The Balaban J connectivity index is 1.13. The van der Waals surface area contributed by atoms with Crippen molar-refractivity contribution in [2.45, 2.75) is 38.1 Å². The number of hydrogen-bond acceptors (Lipinski definition) is 5. The Morgan fingerprint density at radius 3 is 2.42 bits per heavy atom. The van der Waals surface area contributed by atoms with Gasteiger partial charge in [0.25, 0.3) is 11.8 Å². The Kier molecular flexibility index (Phi) is 7.36. The lowest BCUT2D eigenvalue weighted by Gasteiger charge is -2.47. The summed E-state index contributed by atoms with van der Waals surface area (Å²) in [6, 6.07) is 13.3. The zero-order chi connectivity index (χ0) is 27.7. The third-order valence-corrected chi connectivity index (χ3v) is 9.06. The molecule has 6 rings (SSSR count). The van der Waals surface area contributed by atoms with Crippen molar-refractivity contribution in [3.8, 4) is 5.75 Å². The molecule has 4 heterocycles. The quantitative estimate of drug-likeness (QED) is 0.445. The van der Waals surface area contributed by atoms with E-state index in [-0.39, 0.29) is 35.1 Å². The van der Waals surface area contributed by atoms with Crippen LogP contribution in [0.5, 0.6) is 5.75 Å². The molecule has 3 aliphatic heterocycles. The van der Waals surface area contributed by atoms with E-state index in [4.69, 9.17) is 16.3 Å². The number of nitrogens with one attached hydrogen (secondary N) is 1. The van der Waals surface area contributed by atoms with Crippen LogP contribution in [0, 0.1) is 11.2 Å². The highest BCUT2D eigenvalue weighted by Gasteiger charge is 2.39. The van der Waals surface area contributed by atoms with E-state index in [1.807, 2.05) is 17.3 Å². The SMILES string of the molecule is O=C(N[C@@H]1CCOc2c(F)cc(C(=O)N3CCC4(CC3)CCN(c3ccncc3)CC4)cc21)c1ccccc1Cl. The number of amides is 2. The molecular formula is C31H32ClFN4O3. The van der Waals surface area contributed by atoms with E-state index in [1.165, 1.54) is 11.8 Å². The number of hydrogen-bond donors (Lipinski definition) is 1. The van der Waals surface area contributed by atoms with Gasteiger partial charge in [-0.3, -0.25) is 14.6 Å². The predicted molar refractivity (Wildman–Crippen MR) is 151 cm³/mol. The van der Waals surface area contributed by atoms with Gasteiger partial charge in [0.05, 0.1) is 23.2 Å². The second-order valence-corrected chi connectivity index (χ2v) is 11.4. The van der Waals surface area contributed by atoms with Crippen molar-refractivity contribution in [1.29, 1.82) is 0 Å². The molecule has 0 saturated carbocycles. The van der Waals surface area contributed by atoms with Gasteiger partial charge in [0.1, 0.15) is 0 Å². The minimum Gasteiger partial charge on any atom is -0.490 e. The van der Waals surface area contributed by atoms with Crippen LogP contribution >= 0.6 is 11.6 Å². The van der Waals surface area contributed by atoms with E-state index in [0.29, 0.717) is 35.7 Å². The molecule has 7 nitrogen and oxygen atoms in total. The lowest BCUT2D eigenvalue weighted by molar-refractivity contribution is 0.0514. The van der Waals surface area contributed by atoms with Crippen LogP contribution in [-0.4, -0.2) is 54.5 Å². The first kappa shape index (κ1) is 26.6. The topological polar surface area (TPSA) is 74.8 Å². The molecule has 1 aromatic heterocycles. The summed E-state index contributed by atoms with van der Waals surface area (Å²) in [6.45, 7) is 3.55. The highest BCUT2D eigenvalue weighted by atomic mass is 35.5. The number of piperidine rings is 2. The van der Waals surface area contributed by atoms with Gasteiger partial charge in [-0.25, -0.2) is 4.39 Å². The number of benzene rings is 2. The minimum absolute atomic E-state index is 0.0887. The van der Waals surface area contributed by atoms with Gasteiger partial charge in [-0.1, -0.05) is 23.7 Å². The van der Waals surface area contributed by atoms with Crippen molar-refractivity contribution in [2.75, 3.05) is 37.7 Å². The molecule has 0 unspecified atom stereocenters. The van der Waals surface area contributed by atoms with Crippen molar-refractivity contribution in [3.63, 3.8) is 0 Å². The Labute approximate surface area is 238 Å². The molecule has 1 N–H and O–H groups in total. The van der Waals surface area contributed by atoms with Crippen LogP contribution in [0.15, 0.2) is 60.9 Å². The molecule has 0 aliphatic carbocycles. The Morgan fingerprint density at radius 1 is 1.00 bits per heavy atom. The van der Waals surface area contributed by atoms with Crippen LogP contribution in [0.25, 0.3) is 0 Å². The molecular weight excluding hydrogens is 531 g/mol. The van der Waals surface area contributed by atoms with Gasteiger partial charge in [-0.2, -0.15) is 0 Å². The lowest BCUT2D eigenvalue weighted by Crippen LogP contribution is -2.48. The molecule has 3 aliphatic rings. The first-order valence-electron chi connectivity index (χ1n) is 13.9. The zero-order valence-corrected chi connectivity index (χ0v) is 23.0. The predicted octanol–water partition coefficient (Wildman–Crippen LogP) is 5.65. The van der Waals surface area contributed by atoms with Crippen LogP contribution in [-0.2, 0) is 0 Å². The van der Waals surface area contributed by atoms with E-state index in [1.54, 1.807) is 30.3 Å². The molecule has 2 fully saturated rings. The highest BCUT2D eigenvalue weighted by Crippen LogP contribution is 2.43. The van der Waals surface area contributed by atoms with Crippen LogP contribution < -0.4 is 15.0 Å². The van der Waals surface area contributed by atoms with Gasteiger partial charge in [0.15, 0.2) is 11.6 Å². The number of halogens is 2. The Bertz CT molecular complexity index is 1400. The molecule has 0 bridgehead atoms. The second-order valence-electron chi connectivity index (χ2n) is 11.0. The number of carbonyl (C=O) groups is 2. The number of fused-ring (bicyclic) bond motifs is 1. The van der Waals surface area contributed by atoms with Crippen molar-refractivity contribution >= 4 is 29.1 Å². The molecule has 1 atom stereocenters. The third-order valence-electron chi connectivity index (χ3n) is 8.73. The van der Waals surface area contributed by atoms with Crippen LogP contribution in [0.4, 0.5) is 10.1 Å². The van der Waals surface area contributed by atoms with Crippen molar-refractivity contribution in [3.05, 3.63) is 88.5 Å². The fraction of sp³-hybridized carbons (Fsp3) is 0.387. The van der Waals surface area contributed by atoms with Crippen molar-refractivity contribution in [2.24, 2.45) is 5.41 Å². The Morgan fingerprint density at radius 2 is 1.70 bits per heavy atom. The molecule has 2 amide bonds. The number of likely N-dealkylation sites (tertiary alicyclic amines) is 1. The monoisotopic (exact) mass is 562 g/mol. The number of nitrogens with zero attached hydrogens (tertiary/aromatic N) is 3. The van der Waals surface area contributed by atoms with Gasteiger partial charge < -0.3 is 19.9 Å². The van der Waals surface area contributed by atoms with E-state index >= 15 is 4.39 Å². The van der Waals surface area contributed by atoms with E-state index in [0.717, 1.165) is 38.8 Å². The average molecular weight is 563 g/mol. The molecule has 1 spiro atoms. The van der Waals surface area contributed by atoms with E-state index in [9.17, 15) is 9.59 Å². The lowest BCUT2D eigenvalue weighted by atomic mass is 9.71. The molecule has 0 radical (unpaired) electrons. The molecule has 3 aromatic rings. The van der Waals surface area contributed by atoms with Gasteiger partial charge in [-0.15, -0.1) is 0 Å². The first-order valence-corrected chi connectivity index (χ1v) is 14.3.